The molecule has 128 valence electrons. The maximum Gasteiger partial charge on any atom is 0.264 e. The van der Waals surface area contributed by atoms with Gasteiger partial charge in [-0.05, 0) is 70.9 Å². The number of aromatic hydroxyl groups is 2. The summed E-state index contributed by atoms with van der Waals surface area (Å²) in [5, 5.41) is 22.7. The Morgan fingerprint density at radius 2 is 1.92 bits per heavy atom. The lowest BCUT2D eigenvalue weighted by molar-refractivity contribution is -0.115. The molecule has 0 aromatic heterocycles. The van der Waals surface area contributed by atoms with Gasteiger partial charge in [0.1, 0.15) is 11.5 Å². The topological polar surface area (TPSA) is 81.9 Å². The van der Waals surface area contributed by atoms with Crippen LogP contribution in [-0.4, -0.2) is 21.3 Å². The third-order valence-electron chi connectivity index (χ3n) is 3.62. The smallest absolute Gasteiger partial charge is 0.264 e. The van der Waals surface area contributed by atoms with Gasteiger partial charge in [0.2, 0.25) is 0 Å². The van der Waals surface area contributed by atoms with E-state index < -0.39 is 0 Å². The highest BCUT2D eigenvalue weighted by atomic mass is 79.9. The lowest BCUT2D eigenvalue weighted by atomic mass is 10.1. The fourth-order valence-corrected chi connectivity index (χ4v) is 3.44. The van der Waals surface area contributed by atoms with Gasteiger partial charge >= 0.3 is 0 Å². The Kier molecular flexibility index (Phi) is 4.87. The second-order valence-corrected chi connectivity index (χ2v) is 7.52. The molecule has 0 atom stereocenters. The van der Waals surface area contributed by atoms with Gasteiger partial charge in [-0.25, -0.2) is 4.99 Å². The molecule has 0 aliphatic carbocycles. The van der Waals surface area contributed by atoms with Crippen LogP contribution in [0.2, 0.25) is 0 Å². The van der Waals surface area contributed by atoms with Crippen molar-refractivity contribution < 1.29 is 15.0 Å². The average Bonchev–Trinajstić information content (AvgIpc) is 2.88. The summed E-state index contributed by atoms with van der Waals surface area (Å²) in [6.07, 6.45) is 1.56. The Labute approximate surface area is 157 Å². The van der Waals surface area contributed by atoms with Gasteiger partial charge < -0.3 is 15.5 Å². The predicted octanol–water partition coefficient (Wildman–Crippen LogP) is 4.37. The summed E-state index contributed by atoms with van der Waals surface area (Å²) in [5.74, 6) is -0.459. The number of rotatable bonds is 2. The van der Waals surface area contributed by atoms with Crippen molar-refractivity contribution >= 4 is 50.5 Å². The van der Waals surface area contributed by atoms with E-state index in [2.05, 4.69) is 26.2 Å². The molecule has 3 N–H and O–H groups in total. The molecule has 0 unspecified atom stereocenters. The van der Waals surface area contributed by atoms with Crippen molar-refractivity contribution in [3.05, 3.63) is 56.4 Å². The number of aryl methyl sites for hydroxylation is 2. The van der Waals surface area contributed by atoms with Crippen molar-refractivity contribution in [2.45, 2.75) is 13.8 Å². The molecule has 2 aromatic carbocycles. The Bertz CT molecular complexity index is 938. The lowest BCUT2D eigenvalue weighted by Crippen LogP contribution is -2.19. The molecule has 3 rings (SSSR count). The molecule has 1 fully saturated rings. The summed E-state index contributed by atoms with van der Waals surface area (Å²) in [4.78, 5) is 17.1. The van der Waals surface area contributed by atoms with Gasteiger partial charge in [-0.2, -0.15) is 0 Å². The van der Waals surface area contributed by atoms with Gasteiger partial charge in [-0.1, -0.05) is 12.1 Å². The number of carbonyl (C=O) groups is 1. The van der Waals surface area contributed by atoms with E-state index in [1.54, 1.807) is 12.1 Å². The lowest BCUT2D eigenvalue weighted by Gasteiger charge is -2.03. The molecule has 25 heavy (non-hydrogen) atoms. The number of nitrogens with one attached hydrogen (secondary N) is 1. The van der Waals surface area contributed by atoms with Crippen LogP contribution in [0.4, 0.5) is 5.69 Å². The van der Waals surface area contributed by atoms with Crippen LogP contribution in [0.5, 0.6) is 11.5 Å². The minimum Gasteiger partial charge on any atom is -0.507 e. The van der Waals surface area contributed by atoms with Crippen molar-refractivity contribution in [1.29, 1.82) is 0 Å². The molecule has 1 amide bonds. The van der Waals surface area contributed by atoms with Crippen molar-refractivity contribution in [1.82, 2.24) is 5.32 Å². The van der Waals surface area contributed by atoms with E-state index in [1.807, 2.05) is 32.0 Å². The highest BCUT2D eigenvalue weighted by Crippen LogP contribution is 2.35. The number of amidine groups is 1. The van der Waals surface area contributed by atoms with E-state index in [0.717, 1.165) is 16.8 Å². The summed E-state index contributed by atoms with van der Waals surface area (Å²) < 4.78 is 0.435. The molecule has 1 saturated heterocycles. The highest BCUT2D eigenvalue weighted by Gasteiger charge is 2.24. The number of halogens is 1. The number of thioether (sulfide) groups is 1. The average molecular weight is 419 g/mol. The van der Waals surface area contributed by atoms with E-state index in [0.29, 0.717) is 20.1 Å². The molecule has 0 saturated carbocycles. The molecular formula is C18H15BrN2O3S. The van der Waals surface area contributed by atoms with Crippen LogP contribution in [0.15, 0.2) is 44.7 Å². The minimum atomic E-state index is -0.280. The number of carbonyl (C=O) groups excluding carboxylic acids is 1. The third kappa shape index (κ3) is 3.88. The number of nitrogens with zero attached hydrogens (tertiary/aromatic N) is 1. The van der Waals surface area contributed by atoms with E-state index in [1.165, 1.54) is 17.8 Å². The van der Waals surface area contributed by atoms with E-state index in [-0.39, 0.29) is 17.4 Å². The number of phenolic OH excluding ortho intramolecular Hbond substituents is 2. The van der Waals surface area contributed by atoms with Gasteiger partial charge in [0.15, 0.2) is 5.17 Å². The molecule has 7 heteroatoms. The second kappa shape index (κ2) is 6.93. The van der Waals surface area contributed by atoms with Crippen LogP contribution in [0.25, 0.3) is 6.08 Å². The fourth-order valence-electron chi connectivity index (χ4n) is 2.25. The summed E-state index contributed by atoms with van der Waals surface area (Å²) in [6, 6.07) is 8.72. The molecule has 0 bridgehead atoms. The zero-order valence-electron chi connectivity index (χ0n) is 13.5. The molecule has 2 aromatic rings. The van der Waals surface area contributed by atoms with E-state index >= 15 is 0 Å². The van der Waals surface area contributed by atoms with Crippen LogP contribution < -0.4 is 5.32 Å². The first kappa shape index (κ1) is 17.6. The fraction of sp³-hybridized carbons (Fsp3) is 0.111. The second-order valence-electron chi connectivity index (χ2n) is 5.63. The standard InChI is InChI=1S/C18H15BrN2O3S/c1-9-3-4-10(2)13(5-9)20-18-21-17(24)16(25-18)7-11-6-12(19)15(23)8-14(11)22/h3-8,22-23H,1-2H3,(H,20,21,24)/b16-7-. The van der Waals surface area contributed by atoms with Gasteiger partial charge in [-0.15, -0.1) is 0 Å². The minimum absolute atomic E-state index is 0.0691. The predicted molar refractivity (Wildman–Crippen MR) is 104 cm³/mol. The zero-order chi connectivity index (χ0) is 18.1. The number of phenols is 2. The molecule has 1 heterocycles. The number of amides is 1. The highest BCUT2D eigenvalue weighted by molar-refractivity contribution is 9.10. The maximum atomic E-state index is 12.2. The number of hydrogen-bond acceptors (Lipinski definition) is 5. The summed E-state index contributed by atoms with van der Waals surface area (Å²) in [7, 11) is 0. The van der Waals surface area contributed by atoms with Gasteiger partial charge in [-0.3, -0.25) is 4.79 Å². The molecule has 0 radical (unpaired) electrons. The van der Waals surface area contributed by atoms with Crippen LogP contribution in [0.1, 0.15) is 16.7 Å². The summed E-state index contributed by atoms with van der Waals surface area (Å²) in [5.41, 5.74) is 3.34. The van der Waals surface area contributed by atoms with Crippen LogP contribution >= 0.6 is 27.7 Å². The van der Waals surface area contributed by atoms with Crippen molar-refractivity contribution in [3.63, 3.8) is 0 Å². The van der Waals surface area contributed by atoms with Gasteiger partial charge in [0, 0.05) is 11.6 Å². The normalized spacial score (nSPS) is 17.3. The van der Waals surface area contributed by atoms with E-state index in [9.17, 15) is 15.0 Å². The molecular weight excluding hydrogens is 404 g/mol. The number of benzene rings is 2. The number of aliphatic imine (C=N–C) groups is 1. The number of hydrogen-bond donors (Lipinski definition) is 3. The molecule has 1 aliphatic rings. The first-order chi connectivity index (χ1) is 11.8. The van der Waals surface area contributed by atoms with Gasteiger partial charge in [0.05, 0.1) is 15.1 Å². The van der Waals surface area contributed by atoms with Gasteiger partial charge in [0.25, 0.3) is 5.91 Å². The van der Waals surface area contributed by atoms with Crippen molar-refractivity contribution in [2.24, 2.45) is 4.99 Å². The molecule has 1 aliphatic heterocycles. The Morgan fingerprint density at radius 1 is 1.16 bits per heavy atom. The Morgan fingerprint density at radius 3 is 2.68 bits per heavy atom. The van der Waals surface area contributed by atoms with Crippen LogP contribution in [0.3, 0.4) is 0 Å². The summed E-state index contributed by atoms with van der Waals surface area (Å²) in [6.45, 7) is 3.95. The molecule has 0 spiro atoms. The quantitative estimate of drug-likeness (QED) is 0.632. The van der Waals surface area contributed by atoms with Crippen LogP contribution in [-0.2, 0) is 4.79 Å². The first-order valence-electron chi connectivity index (χ1n) is 7.42. The monoisotopic (exact) mass is 418 g/mol. The first-order valence-corrected chi connectivity index (χ1v) is 9.03. The van der Waals surface area contributed by atoms with E-state index in [4.69, 9.17) is 0 Å². The van der Waals surface area contributed by atoms with Crippen LogP contribution in [0, 0.1) is 13.8 Å². The van der Waals surface area contributed by atoms with Crippen molar-refractivity contribution in [3.8, 4) is 11.5 Å². The Balaban J connectivity index is 1.91. The van der Waals surface area contributed by atoms with Crippen molar-refractivity contribution in [2.75, 3.05) is 0 Å². The Hall–Kier alpha value is -2.25. The zero-order valence-corrected chi connectivity index (χ0v) is 15.9. The SMILES string of the molecule is Cc1ccc(C)c(N=C2NC(=O)/C(=C/c3cc(Br)c(O)cc3O)S2)c1. The summed E-state index contributed by atoms with van der Waals surface area (Å²) >= 11 is 4.40. The molecule has 5 nitrogen and oxygen atoms in total. The third-order valence-corrected chi connectivity index (χ3v) is 5.17. The maximum absolute atomic E-state index is 12.2. The largest absolute Gasteiger partial charge is 0.507 e.